The minimum Gasteiger partial charge on any atom is -0.321 e. The number of hydrogen-bond acceptors (Lipinski definition) is 3. The SMILES string of the molecule is CCc1ccc(NC(=O)c2cccc(C(=O)Nc3ccccc3F)n2)cc1. The average Bonchev–Trinajstić information content (AvgIpc) is 2.70. The molecule has 0 saturated heterocycles. The van der Waals surface area contributed by atoms with Gasteiger partial charge >= 0.3 is 0 Å². The number of pyridine rings is 1. The van der Waals surface area contributed by atoms with E-state index in [1.165, 1.54) is 30.3 Å². The zero-order valence-corrected chi connectivity index (χ0v) is 14.7. The summed E-state index contributed by atoms with van der Waals surface area (Å²) in [6.07, 6.45) is 0.912. The van der Waals surface area contributed by atoms with E-state index in [0.717, 1.165) is 12.0 Å². The number of rotatable bonds is 5. The van der Waals surface area contributed by atoms with Crippen molar-refractivity contribution in [2.24, 2.45) is 0 Å². The molecule has 0 aliphatic rings. The van der Waals surface area contributed by atoms with Crippen LogP contribution in [0.25, 0.3) is 0 Å². The molecule has 27 heavy (non-hydrogen) atoms. The number of para-hydroxylation sites is 1. The number of carbonyl (C=O) groups is 2. The Kier molecular flexibility index (Phi) is 5.56. The first-order valence-electron chi connectivity index (χ1n) is 8.50. The molecule has 3 rings (SSSR count). The molecule has 0 aliphatic heterocycles. The first-order chi connectivity index (χ1) is 13.1. The first kappa shape index (κ1) is 18.3. The minimum absolute atomic E-state index is 0.0206. The minimum atomic E-state index is -0.595. The highest BCUT2D eigenvalue weighted by Gasteiger charge is 2.14. The van der Waals surface area contributed by atoms with E-state index in [2.05, 4.69) is 22.5 Å². The number of aromatic nitrogens is 1. The van der Waals surface area contributed by atoms with Crippen LogP contribution in [0.3, 0.4) is 0 Å². The van der Waals surface area contributed by atoms with Gasteiger partial charge in [-0.05, 0) is 48.4 Å². The smallest absolute Gasteiger partial charge is 0.274 e. The molecule has 0 saturated carbocycles. The third-order valence-electron chi connectivity index (χ3n) is 3.96. The van der Waals surface area contributed by atoms with Crippen LogP contribution in [0.4, 0.5) is 15.8 Å². The lowest BCUT2D eigenvalue weighted by atomic mass is 10.1. The molecular formula is C21H18FN3O2. The molecule has 0 fully saturated rings. The maximum absolute atomic E-state index is 13.7. The Balaban J connectivity index is 1.73. The highest BCUT2D eigenvalue weighted by molar-refractivity contribution is 6.06. The van der Waals surface area contributed by atoms with Crippen molar-refractivity contribution >= 4 is 23.2 Å². The predicted octanol–water partition coefficient (Wildman–Crippen LogP) is 4.29. The fourth-order valence-electron chi connectivity index (χ4n) is 2.46. The summed E-state index contributed by atoms with van der Waals surface area (Å²) >= 11 is 0. The molecule has 0 radical (unpaired) electrons. The van der Waals surface area contributed by atoms with E-state index in [9.17, 15) is 14.0 Å². The number of halogens is 1. The first-order valence-corrected chi connectivity index (χ1v) is 8.50. The quantitative estimate of drug-likeness (QED) is 0.710. The van der Waals surface area contributed by atoms with Gasteiger partial charge in [0.15, 0.2) is 0 Å². The van der Waals surface area contributed by atoms with Crippen molar-refractivity contribution in [3.8, 4) is 0 Å². The summed E-state index contributed by atoms with van der Waals surface area (Å²) in [7, 11) is 0. The number of hydrogen-bond donors (Lipinski definition) is 2. The van der Waals surface area contributed by atoms with Crippen molar-refractivity contribution in [2.45, 2.75) is 13.3 Å². The number of benzene rings is 2. The van der Waals surface area contributed by atoms with Crippen LogP contribution in [0.5, 0.6) is 0 Å². The fraction of sp³-hybridized carbons (Fsp3) is 0.0952. The molecule has 6 heteroatoms. The second kappa shape index (κ2) is 8.23. The van der Waals surface area contributed by atoms with Crippen LogP contribution in [-0.4, -0.2) is 16.8 Å². The number of anilines is 2. The molecule has 2 N–H and O–H groups in total. The van der Waals surface area contributed by atoms with Crippen LogP contribution >= 0.6 is 0 Å². The number of carbonyl (C=O) groups excluding carboxylic acids is 2. The van der Waals surface area contributed by atoms with Crippen molar-refractivity contribution in [3.63, 3.8) is 0 Å². The average molecular weight is 363 g/mol. The molecule has 1 heterocycles. The van der Waals surface area contributed by atoms with E-state index in [4.69, 9.17) is 0 Å². The van der Waals surface area contributed by atoms with Crippen LogP contribution < -0.4 is 10.6 Å². The van der Waals surface area contributed by atoms with Gasteiger partial charge in [0.25, 0.3) is 11.8 Å². The van der Waals surface area contributed by atoms with Gasteiger partial charge in [0.05, 0.1) is 5.69 Å². The highest BCUT2D eigenvalue weighted by atomic mass is 19.1. The molecular weight excluding hydrogens is 345 g/mol. The third kappa shape index (κ3) is 4.55. The lowest BCUT2D eigenvalue weighted by Gasteiger charge is -2.08. The van der Waals surface area contributed by atoms with Crippen LogP contribution in [0.2, 0.25) is 0 Å². The van der Waals surface area contributed by atoms with Crippen molar-refractivity contribution in [2.75, 3.05) is 10.6 Å². The number of nitrogens with zero attached hydrogens (tertiary/aromatic N) is 1. The Morgan fingerprint density at radius 3 is 2.11 bits per heavy atom. The van der Waals surface area contributed by atoms with E-state index in [0.29, 0.717) is 5.69 Å². The molecule has 0 unspecified atom stereocenters. The van der Waals surface area contributed by atoms with Crippen molar-refractivity contribution in [3.05, 3.63) is 89.5 Å². The summed E-state index contributed by atoms with van der Waals surface area (Å²) in [4.78, 5) is 28.8. The Labute approximate surface area is 156 Å². The van der Waals surface area contributed by atoms with E-state index in [-0.39, 0.29) is 17.1 Å². The molecule has 136 valence electrons. The Hall–Kier alpha value is -3.54. The van der Waals surface area contributed by atoms with E-state index in [1.807, 2.05) is 24.3 Å². The van der Waals surface area contributed by atoms with Gasteiger partial charge in [-0.3, -0.25) is 9.59 Å². The van der Waals surface area contributed by atoms with Gasteiger partial charge in [-0.2, -0.15) is 0 Å². The molecule has 3 aromatic rings. The largest absolute Gasteiger partial charge is 0.321 e. The maximum Gasteiger partial charge on any atom is 0.274 e. The summed E-state index contributed by atoms with van der Waals surface area (Å²) in [6, 6.07) is 17.8. The van der Waals surface area contributed by atoms with Gasteiger partial charge in [-0.25, -0.2) is 9.37 Å². The van der Waals surface area contributed by atoms with Crippen LogP contribution in [0.15, 0.2) is 66.7 Å². The van der Waals surface area contributed by atoms with Gasteiger partial charge in [-0.1, -0.05) is 37.3 Å². The molecule has 0 aliphatic carbocycles. The zero-order valence-electron chi connectivity index (χ0n) is 14.7. The van der Waals surface area contributed by atoms with Crippen molar-refractivity contribution in [1.82, 2.24) is 4.98 Å². The van der Waals surface area contributed by atoms with Crippen LogP contribution in [-0.2, 0) is 6.42 Å². The topological polar surface area (TPSA) is 71.1 Å². The van der Waals surface area contributed by atoms with Gasteiger partial charge in [-0.15, -0.1) is 0 Å². The summed E-state index contributed by atoms with van der Waals surface area (Å²) in [5.41, 5.74) is 1.97. The molecule has 2 aromatic carbocycles. The Morgan fingerprint density at radius 2 is 1.48 bits per heavy atom. The fourth-order valence-corrected chi connectivity index (χ4v) is 2.46. The number of aryl methyl sites for hydroxylation is 1. The Bertz CT molecular complexity index is 971. The second-order valence-electron chi connectivity index (χ2n) is 5.85. The summed E-state index contributed by atoms with van der Waals surface area (Å²) in [5.74, 6) is -1.57. The summed E-state index contributed by atoms with van der Waals surface area (Å²) in [6.45, 7) is 2.05. The number of amides is 2. The normalized spacial score (nSPS) is 10.3. The van der Waals surface area contributed by atoms with Crippen molar-refractivity contribution in [1.29, 1.82) is 0 Å². The summed E-state index contributed by atoms with van der Waals surface area (Å²) in [5, 5.41) is 5.19. The van der Waals surface area contributed by atoms with Gasteiger partial charge in [0.1, 0.15) is 17.2 Å². The monoisotopic (exact) mass is 363 g/mol. The van der Waals surface area contributed by atoms with Gasteiger partial charge in [0, 0.05) is 5.69 Å². The molecule has 2 amide bonds. The molecule has 0 spiro atoms. The number of nitrogens with one attached hydrogen (secondary N) is 2. The second-order valence-corrected chi connectivity index (χ2v) is 5.85. The van der Waals surface area contributed by atoms with Crippen LogP contribution in [0.1, 0.15) is 33.5 Å². The van der Waals surface area contributed by atoms with E-state index in [1.54, 1.807) is 12.1 Å². The zero-order chi connectivity index (χ0) is 19.2. The summed E-state index contributed by atoms with van der Waals surface area (Å²) < 4.78 is 13.7. The lowest BCUT2D eigenvalue weighted by Crippen LogP contribution is -2.18. The maximum atomic E-state index is 13.7. The van der Waals surface area contributed by atoms with Gasteiger partial charge < -0.3 is 10.6 Å². The standard InChI is InChI=1S/C21H18FN3O2/c1-2-14-10-12-15(13-11-14)23-20(26)18-8-5-9-19(24-18)21(27)25-17-7-4-3-6-16(17)22/h3-13H,2H2,1H3,(H,23,26)(H,25,27). The van der Waals surface area contributed by atoms with Crippen LogP contribution in [0, 0.1) is 5.82 Å². The molecule has 0 atom stereocenters. The molecule has 1 aromatic heterocycles. The third-order valence-corrected chi connectivity index (χ3v) is 3.96. The van der Waals surface area contributed by atoms with Gasteiger partial charge in [0.2, 0.25) is 0 Å². The van der Waals surface area contributed by atoms with E-state index < -0.39 is 17.6 Å². The van der Waals surface area contributed by atoms with E-state index >= 15 is 0 Å². The highest BCUT2D eigenvalue weighted by Crippen LogP contribution is 2.14. The lowest BCUT2D eigenvalue weighted by molar-refractivity contribution is 0.101. The Morgan fingerprint density at radius 1 is 0.852 bits per heavy atom. The molecule has 0 bridgehead atoms. The predicted molar refractivity (Wildman–Crippen MR) is 102 cm³/mol. The molecule has 5 nitrogen and oxygen atoms in total. The van der Waals surface area contributed by atoms with Crippen molar-refractivity contribution < 1.29 is 14.0 Å².